The Morgan fingerprint density at radius 2 is 1.78 bits per heavy atom. The second kappa shape index (κ2) is 15.7. The molecule has 0 saturated carbocycles. The molecule has 1 fully saturated rings. The number of carbonyl (C=O) groups excluding carboxylic acids is 2. The molecule has 3 N–H and O–H groups in total. The Hall–Kier alpha value is -4.25. The summed E-state index contributed by atoms with van der Waals surface area (Å²) in [5.74, 6) is 0.783. The lowest BCUT2D eigenvalue weighted by Gasteiger charge is -2.35. The van der Waals surface area contributed by atoms with Crippen molar-refractivity contribution in [1.82, 2.24) is 19.8 Å². The van der Waals surface area contributed by atoms with E-state index >= 15 is 0 Å². The van der Waals surface area contributed by atoms with Gasteiger partial charge in [-0.05, 0) is 93.7 Å². The van der Waals surface area contributed by atoms with Crippen molar-refractivity contribution in [3.05, 3.63) is 84.2 Å². The highest BCUT2D eigenvalue weighted by Gasteiger charge is 2.25. The summed E-state index contributed by atoms with van der Waals surface area (Å²) in [5, 5.41) is 16.5. The summed E-state index contributed by atoms with van der Waals surface area (Å²) in [6.45, 7) is 7.57. The maximum absolute atomic E-state index is 13.1. The summed E-state index contributed by atoms with van der Waals surface area (Å²) in [5.41, 5.74) is 4.33. The SMILES string of the molecule is CNC=O.COCCN(c1ccnc(NC(=O)c2ccc(C3CCN(CC(C)(C)O)CC3)cc2)c1)c1ccc2c(ccn2C)c1. The number of aliphatic hydroxyl groups is 1. The van der Waals surface area contributed by atoms with Crippen molar-refractivity contribution >= 4 is 40.4 Å². The van der Waals surface area contributed by atoms with Crippen molar-refractivity contribution in [3.8, 4) is 0 Å². The molecular formula is C35H46N6O4. The van der Waals surface area contributed by atoms with Gasteiger partial charge in [0.25, 0.3) is 5.91 Å². The summed E-state index contributed by atoms with van der Waals surface area (Å²) < 4.78 is 7.50. The highest BCUT2D eigenvalue weighted by Crippen LogP contribution is 2.31. The summed E-state index contributed by atoms with van der Waals surface area (Å²) in [7, 11) is 5.30. The summed E-state index contributed by atoms with van der Waals surface area (Å²) in [6.07, 6.45) is 6.51. The van der Waals surface area contributed by atoms with Crippen LogP contribution in [0.15, 0.2) is 73.1 Å². The van der Waals surface area contributed by atoms with Crippen LogP contribution in [0.25, 0.3) is 10.9 Å². The maximum Gasteiger partial charge on any atom is 0.256 e. The van der Waals surface area contributed by atoms with Gasteiger partial charge in [0.05, 0.1) is 12.2 Å². The number of hydrogen-bond donors (Lipinski definition) is 3. The van der Waals surface area contributed by atoms with Gasteiger partial charge in [0.1, 0.15) is 5.82 Å². The number of methoxy groups -OCH3 is 1. The van der Waals surface area contributed by atoms with E-state index in [0.29, 0.717) is 43.4 Å². The minimum absolute atomic E-state index is 0.185. The Kier molecular flexibility index (Phi) is 11.7. The molecule has 1 aliphatic heterocycles. The second-order valence-corrected chi connectivity index (χ2v) is 12.1. The Labute approximate surface area is 266 Å². The van der Waals surface area contributed by atoms with Gasteiger partial charge >= 0.3 is 0 Å². The molecule has 0 atom stereocenters. The normalized spacial score (nSPS) is 14.0. The Morgan fingerprint density at radius 3 is 2.42 bits per heavy atom. The van der Waals surface area contributed by atoms with Crippen LogP contribution in [0.5, 0.6) is 0 Å². The molecule has 5 rings (SSSR count). The molecule has 1 saturated heterocycles. The lowest BCUT2D eigenvalue weighted by Crippen LogP contribution is -2.42. The van der Waals surface area contributed by atoms with Gasteiger partial charge in [-0.3, -0.25) is 9.59 Å². The summed E-state index contributed by atoms with van der Waals surface area (Å²) >= 11 is 0. The van der Waals surface area contributed by atoms with Crippen LogP contribution in [0.1, 0.15) is 48.5 Å². The predicted molar refractivity (Wildman–Crippen MR) is 180 cm³/mol. The van der Waals surface area contributed by atoms with Crippen molar-refractivity contribution < 1.29 is 19.4 Å². The van der Waals surface area contributed by atoms with Crippen molar-refractivity contribution in [1.29, 1.82) is 0 Å². The van der Waals surface area contributed by atoms with E-state index in [2.05, 4.69) is 72.6 Å². The number of anilines is 3. The first-order valence-corrected chi connectivity index (χ1v) is 15.4. The number of piperidine rings is 1. The fourth-order valence-corrected chi connectivity index (χ4v) is 5.75. The van der Waals surface area contributed by atoms with E-state index in [4.69, 9.17) is 9.53 Å². The molecule has 2 amide bonds. The molecule has 0 bridgehead atoms. The van der Waals surface area contributed by atoms with E-state index in [1.54, 1.807) is 20.4 Å². The first-order valence-electron chi connectivity index (χ1n) is 15.4. The van der Waals surface area contributed by atoms with Gasteiger partial charge in [0.15, 0.2) is 0 Å². The van der Waals surface area contributed by atoms with Gasteiger partial charge in [0, 0.05) is 80.6 Å². The van der Waals surface area contributed by atoms with Crippen LogP contribution in [-0.4, -0.2) is 84.4 Å². The number of carbonyl (C=O) groups is 2. The standard InChI is InChI=1S/C33H41N5O3.C2H5NO/c1-33(2,40)23-37-17-13-25(14-18-37)24-5-7-26(8-6-24)32(39)35-31-22-29(11-15-34-31)38(19-20-41-4)28-9-10-30-27(21-28)12-16-36(30)3;1-3-2-4/h5-12,15-16,21-22,25,40H,13-14,17-20,23H2,1-4H3,(H,34,35,39);2H,1H3,(H,3,4). The van der Waals surface area contributed by atoms with Gasteiger partial charge in [0.2, 0.25) is 6.41 Å². The van der Waals surface area contributed by atoms with E-state index in [1.807, 2.05) is 45.2 Å². The predicted octanol–water partition coefficient (Wildman–Crippen LogP) is 4.92. The molecule has 0 unspecified atom stereocenters. The number of benzene rings is 2. The van der Waals surface area contributed by atoms with E-state index in [0.717, 1.165) is 42.7 Å². The third-order valence-corrected chi connectivity index (χ3v) is 7.96. The minimum Gasteiger partial charge on any atom is -0.389 e. The third-order valence-electron chi connectivity index (χ3n) is 7.96. The van der Waals surface area contributed by atoms with Crippen LogP contribution in [-0.2, 0) is 16.6 Å². The van der Waals surface area contributed by atoms with Crippen molar-refractivity contribution in [2.45, 2.75) is 38.2 Å². The number of fused-ring (bicyclic) bond motifs is 1. The number of aromatic nitrogens is 2. The lowest BCUT2D eigenvalue weighted by molar-refractivity contribution is -0.109. The molecule has 240 valence electrons. The highest BCUT2D eigenvalue weighted by atomic mass is 16.5. The number of ether oxygens (including phenoxy) is 1. The van der Waals surface area contributed by atoms with Crippen molar-refractivity contribution in [2.75, 3.05) is 57.2 Å². The lowest BCUT2D eigenvalue weighted by atomic mass is 9.88. The van der Waals surface area contributed by atoms with Crippen LogP contribution >= 0.6 is 0 Å². The molecule has 4 aromatic rings. The fraction of sp³-hybridized carbons (Fsp3) is 0.400. The van der Waals surface area contributed by atoms with Crippen LogP contribution in [0, 0.1) is 0 Å². The summed E-state index contributed by atoms with van der Waals surface area (Å²) in [4.78, 5) is 31.1. The van der Waals surface area contributed by atoms with Crippen LogP contribution < -0.4 is 15.5 Å². The molecule has 1 aliphatic rings. The number of aryl methyl sites for hydroxylation is 1. The third kappa shape index (κ3) is 9.37. The van der Waals surface area contributed by atoms with E-state index < -0.39 is 5.60 Å². The van der Waals surface area contributed by atoms with Crippen molar-refractivity contribution in [3.63, 3.8) is 0 Å². The van der Waals surface area contributed by atoms with E-state index in [-0.39, 0.29) is 5.91 Å². The average molecular weight is 615 g/mol. The van der Waals surface area contributed by atoms with Gasteiger partial charge in [-0.2, -0.15) is 0 Å². The van der Waals surface area contributed by atoms with Gasteiger partial charge in [-0.25, -0.2) is 4.98 Å². The Balaban J connectivity index is 0.00000109. The Morgan fingerprint density at radius 1 is 1.09 bits per heavy atom. The second-order valence-electron chi connectivity index (χ2n) is 12.1. The zero-order valence-electron chi connectivity index (χ0n) is 27.0. The van der Waals surface area contributed by atoms with E-state index in [9.17, 15) is 9.90 Å². The molecule has 2 aromatic heterocycles. The number of β-amino-alcohol motifs (C(OH)–C–C–N with tert-alkyl or cyclic N) is 1. The van der Waals surface area contributed by atoms with Crippen LogP contribution in [0.3, 0.4) is 0 Å². The fourth-order valence-electron chi connectivity index (χ4n) is 5.75. The molecule has 0 radical (unpaired) electrons. The van der Waals surface area contributed by atoms with Gasteiger partial charge in [-0.15, -0.1) is 0 Å². The van der Waals surface area contributed by atoms with Crippen LogP contribution in [0.2, 0.25) is 0 Å². The summed E-state index contributed by atoms with van der Waals surface area (Å²) in [6, 6.07) is 20.3. The number of pyridine rings is 1. The largest absolute Gasteiger partial charge is 0.389 e. The molecule has 10 nitrogen and oxygen atoms in total. The molecule has 0 aliphatic carbocycles. The molecular weight excluding hydrogens is 568 g/mol. The number of rotatable bonds is 11. The zero-order chi connectivity index (χ0) is 32.4. The Bertz CT molecular complexity index is 1540. The number of nitrogens with one attached hydrogen (secondary N) is 2. The molecule has 45 heavy (non-hydrogen) atoms. The quantitative estimate of drug-likeness (QED) is 0.206. The molecule has 10 heteroatoms. The van der Waals surface area contributed by atoms with E-state index in [1.165, 1.54) is 11.1 Å². The number of nitrogens with zero attached hydrogens (tertiary/aromatic N) is 4. The monoisotopic (exact) mass is 614 g/mol. The van der Waals surface area contributed by atoms with Gasteiger partial charge in [-0.1, -0.05) is 12.1 Å². The van der Waals surface area contributed by atoms with Crippen molar-refractivity contribution in [2.24, 2.45) is 7.05 Å². The molecule has 0 spiro atoms. The zero-order valence-corrected chi connectivity index (χ0v) is 27.0. The molecule has 2 aromatic carbocycles. The van der Waals surface area contributed by atoms with Crippen LogP contribution in [0.4, 0.5) is 17.2 Å². The van der Waals surface area contributed by atoms with Gasteiger partial charge < -0.3 is 34.8 Å². The first-order chi connectivity index (χ1) is 21.6. The number of hydrogen-bond acceptors (Lipinski definition) is 7. The number of likely N-dealkylation sites (tertiary alicyclic amines) is 1. The first kappa shape index (κ1) is 33.6. The molecule has 3 heterocycles. The maximum atomic E-state index is 13.1. The number of amides is 2. The minimum atomic E-state index is -0.672. The average Bonchev–Trinajstić information content (AvgIpc) is 3.41. The topological polar surface area (TPSA) is 112 Å². The highest BCUT2D eigenvalue weighted by molar-refractivity contribution is 6.04. The smallest absolute Gasteiger partial charge is 0.256 e.